The first-order valence-corrected chi connectivity index (χ1v) is 15.9. The Hall–Kier alpha value is -5.06. The standard InChI is InChI=1S/C26H21FN4O3.C7H4ClFO.2C2H6/c27-20-5-1-4-19(13-20)26(33)29-21-6-2-3-17(14-21)25(32)18-7-8-22-23(15-18)30-24(16-28-22)31-9-11-34-12-10-31;8-7(10)5-2-1-3-6(9)4-5;2*1-2/h1-8,13-16H,9-12H2,(H,29,33);1-4H;2*1-2H3. The first-order chi connectivity index (χ1) is 23.3. The molecule has 1 aliphatic heterocycles. The third kappa shape index (κ3) is 10.5. The Morgan fingerprint density at radius 2 is 1.31 bits per heavy atom. The average molecular weight is 675 g/mol. The van der Waals surface area contributed by atoms with Crippen LogP contribution in [0.4, 0.5) is 20.3 Å². The number of hydrogen-bond donors (Lipinski definition) is 1. The Bertz CT molecular complexity index is 1850. The van der Waals surface area contributed by atoms with E-state index >= 15 is 0 Å². The Morgan fingerprint density at radius 3 is 1.94 bits per heavy atom. The molecule has 1 N–H and O–H groups in total. The van der Waals surface area contributed by atoms with Gasteiger partial charge in [-0.25, -0.2) is 13.8 Å². The second kappa shape index (κ2) is 18.9. The number of morpholine rings is 1. The van der Waals surface area contributed by atoms with Crippen molar-refractivity contribution in [3.63, 3.8) is 0 Å². The van der Waals surface area contributed by atoms with Crippen molar-refractivity contribution in [2.24, 2.45) is 0 Å². The minimum atomic E-state index is -0.639. The quantitative estimate of drug-likeness (QED) is 0.143. The summed E-state index contributed by atoms with van der Waals surface area (Å²) in [6.45, 7) is 10.8. The van der Waals surface area contributed by atoms with Crippen molar-refractivity contribution < 1.29 is 27.9 Å². The molecule has 250 valence electrons. The number of aromatic nitrogens is 2. The number of rotatable bonds is 6. The summed E-state index contributed by atoms with van der Waals surface area (Å²) >= 11 is 5.07. The SMILES string of the molecule is CC.CC.O=C(Cl)c1cccc(F)c1.O=C(Nc1cccc(C(=O)c2ccc3ncc(N4CCOCC4)nc3c2)c1)c1cccc(F)c1. The summed E-state index contributed by atoms with van der Waals surface area (Å²) in [7, 11) is 0. The number of carbonyl (C=O) groups is 3. The summed E-state index contributed by atoms with van der Waals surface area (Å²) in [5.74, 6) is -0.857. The number of benzene rings is 4. The van der Waals surface area contributed by atoms with E-state index in [4.69, 9.17) is 21.3 Å². The maximum absolute atomic E-state index is 13.4. The zero-order valence-electron chi connectivity index (χ0n) is 27.2. The summed E-state index contributed by atoms with van der Waals surface area (Å²) in [6.07, 6.45) is 1.74. The van der Waals surface area contributed by atoms with Crippen molar-refractivity contribution in [3.8, 4) is 0 Å². The second-order valence-corrected chi connectivity index (χ2v) is 10.0. The Labute approximate surface area is 283 Å². The number of hydrogen-bond acceptors (Lipinski definition) is 7. The van der Waals surface area contributed by atoms with E-state index in [9.17, 15) is 23.2 Å². The van der Waals surface area contributed by atoms with E-state index in [2.05, 4.69) is 15.2 Å². The molecule has 11 heteroatoms. The van der Waals surface area contributed by atoms with Gasteiger partial charge in [-0.1, -0.05) is 52.0 Å². The molecule has 0 aliphatic carbocycles. The number of halogens is 3. The fourth-order valence-corrected chi connectivity index (χ4v) is 4.55. The summed E-state index contributed by atoms with van der Waals surface area (Å²) in [6, 6.07) is 22.5. The van der Waals surface area contributed by atoms with Crippen LogP contribution >= 0.6 is 11.6 Å². The predicted molar refractivity (Wildman–Crippen MR) is 186 cm³/mol. The summed E-state index contributed by atoms with van der Waals surface area (Å²) in [4.78, 5) is 47.3. The maximum Gasteiger partial charge on any atom is 0.255 e. The van der Waals surface area contributed by atoms with Crippen LogP contribution in [-0.2, 0) is 4.74 Å². The van der Waals surface area contributed by atoms with Crippen LogP contribution in [0.1, 0.15) is 64.3 Å². The molecular weight excluding hydrogens is 638 g/mol. The summed E-state index contributed by atoms with van der Waals surface area (Å²) in [5, 5.41) is 2.07. The van der Waals surface area contributed by atoms with Crippen LogP contribution in [0.2, 0.25) is 0 Å². The number of amides is 1. The number of nitrogens with one attached hydrogen (secondary N) is 1. The number of ether oxygens (including phenoxy) is 1. The van der Waals surface area contributed by atoms with Crippen molar-refractivity contribution in [1.82, 2.24) is 9.97 Å². The van der Waals surface area contributed by atoms with Crippen molar-refractivity contribution in [2.75, 3.05) is 36.5 Å². The zero-order valence-corrected chi connectivity index (χ0v) is 27.9. The van der Waals surface area contributed by atoms with Gasteiger partial charge in [0.2, 0.25) is 0 Å². The molecule has 1 amide bonds. The predicted octanol–water partition coefficient (Wildman–Crippen LogP) is 8.35. The van der Waals surface area contributed by atoms with Gasteiger partial charge in [0.15, 0.2) is 5.78 Å². The van der Waals surface area contributed by atoms with Crippen molar-refractivity contribution in [1.29, 1.82) is 0 Å². The van der Waals surface area contributed by atoms with Crippen LogP contribution in [-0.4, -0.2) is 53.2 Å². The Morgan fingerprint density at radius 1 is 0.729 bits per heavy atom. The van der Waals surface area contributed by atoms with Crippen LogP contribution in [0.25, 0.3) is 11.0 Å². The van der Waals surface area contributed by atoms with Crippen LogP contribution in [0.3, 0.4) is 0 Å². The molecule has 0 saturated carbocycles. The van der Waals surface area contributed by atoms with Gasteiger partial charge >= 0.3 is 0 Å². The smallest absolute Gasteiger partial charge is 0.255 e. The highest BCUT2D eigenvalue weighted by Gasteiger charge is 2.16. The van der Waals surface area contributed by atoms with Gasteiger partial charge in [-0.05, 0) is 78.3 Å². The molecule has 5 aromatic rings. The third-order valence-electron chi connectivity index (χ3n) is 6.65. The molecule has 0 spiro atoms. The fraction of sp³-hybridized carbons (Fsp3) is 0.216. The van der Waals surface area contributed by atoms with Crippen LogP contribution in [0, 0.1) is 11.6 Å². The van der Waals surface area contributed by atoms with Gasteiger partial charge in [0, 0.05) is 41.0 Å². The molecular formula is C37H37ClF2N4O4. The molecule has 48 heavy (non-hydrogen) atoms. The topological polar surface area (TPSA) is 101 Å². The molecule has 1 fully saturated rings. The number of carbonyl (C=O) groups excluding carboxylic acids is 3. The average Bonchev–Trinajstić information content (AvgIpc) is 3.13. The van der Waals surface area contributed by atoms with Crippen LogP contribution in [0.15, 0.2) is 97.2 Å². The van der Waals surface area contributed by atoms with E-state index in [0.717, 1.165) is 31.0 Å². The number of fused-ring (bicyclic) bond motifs is 1. The van der Waals surface area contributed by atoms with E-state index in [1.807, 2.05) is 27.7 Å². The minimum Gasteiger partial charge on any atom is -0.378 e. The van der Waals surface area contributed by atoms with E-state index < -0.39 is 22.8 Å². The number of nitrogens with zero attached hydrogens (tertiary/aromatic N) is 3. The highest BCUT2D eigenvalue weighted by Crippen LogP contribution is 2.21. The third-order valence-corrected chi connectivity index (χ3v) is 6.87. The highest BCUT2D eigenvalue weighted by atomic mass is 35.5. The summed E-state index contributed by atoms with van der Waals surface area (Å²) < 4.78 is 31.1. The molecule has 6 rings (SSSR count). The lowest BCUT2D eigenvalue weighted by molar-refractivity contribution is 0.102. The Balaban J connectivity index is 0.000000378. The molecule has 8 nitrogen and oxygen atoms in total. The molecule has 1 aliphatic rings. The fourth-order valence-electron chi connectivity index (χ4n) is 4.44. The minimum absolute atomic E-state index is 0.182. The van der Waals surface area contributed by atoms with E-state index in [1.54, 1.807) is 48.7 Å². The first kappa shape index (κ1) is 37.4. The molecule has 4 aromatic carbocycles. The largest absolute Gasteiger partial charge is 0.378 e. The molecule has 0 atom stereocenters. The van der Waals surface area contributed by atoms with Crippen LogP contribution < -0.4 is 10.2 Å². The number of anilines is 2. The van der Waals surface area contributed by atoms with Gasteiger partial charge in [-0.2, -0.15) is 0 Å². The molecule has 1 aromatic heterocycles. The lowest BCUT2D eigenvalue weighted by Crippen LogP contribution is -2.36. The summed E-state index contributed by atoms with van der Waals surface area (Å²) in [5.41, 5.74) is 3.02. The molecule has 0 bridgehead atoms. The van der Waals surface area contributed by atoms with Crippen molar-refractivity contribution in [2.45, 2.75) is 27.7 Å². The molecule has 2 heterocycles. The van der Waals surface area contributed by atoms with E-state index in [1.165, 1.54) is 36.4 Å². The molecule has 0 unspecified atom stereocenters. The zero-order chi connectivity index (χ0) is 35.1. The van der Waals surface area contributed by atoms with Crippen molar-refractivity contribution >= 4 is 51.1 Å². The highest BCUT2D eigenvalue weighted by molar-refractivity contribution is 6.67. The number of ketones is 1. The molecule has 0 radical (unpaired) electrons. The van der Waals surface area contributed by atoms with E-state index in [-0.39, 0.29) is 16.9 Å². The maximum atomic E-state index is 13.4. The van der Waals surface area contributed by atoms with Gasteiger partial charge in [-0.15, -0.1) is 0 Å². The Kier molecular flexibility index (Phi) is 14.7. The monoisotopic (exact) mass is 674 g/mol. The van der Waals surface area contributed by atoms with Gasteiger partial charge in [-0.3, -0.25) is 19.4 Å². The van der Waals surface area contributed by atoms with Gasteiger partial charge < -0.3 is 15.0 Å². The second-order valence-electron chi connectivity index (χ2n) is 9.69. The van der Waals surface area contributed by atoms with Crippen LogP contribution in [0.5, 0.6) is 0 Å². The molecule has 1 saturated heterocycles. The lowest BCUT2D eigenvalue weighted by Gasteiger charge is -2.27. The lowest BCUT2D eigenvalue weighted by atomic mass is 10.0. The van der Waals surface area contributed by atoms with Gasteiger partial charge in [0.1, 0.15) is 17.5 Å². The normalized spacial score (nSPS) is 11.9. The van der Waals surface area contributed by atoms with Gasteiger partial charge in [0.25, 0.3) is 11.1 Å². The first-order valence-electron chi connectivity index (χ1n) is 15.5. The van der Waals surface area contributed by atoms with E-state index in [0.29, 0.717) is 41.1 Å². The van der Waals surface area contributed by atoms with Gasteiger partial charge in [0.05, 0.1) is 30.4 Å². The van der Waals surface area contributed by atoms with Crippen molar-refractivity contribution in [3.05, 3.63) is 131 Å².